The van der Waals surface area contributed by atoms with Crippen LogP contribution in [0.5, 0.6) is 5.75 Å². The van der Waals surface area contributed by atoms with Gasteiger partial charge in [-0.25, -0.2) is 4.79 Å². The summed E-state index contributed by atoms with van der Waals surface area (Å²) in [6, 6.07) is 5.99. The number of carbonyl (C=O) groups is 2. The molecule has 2 rings (SSSR count). The first-order valence-electron chi connectivity index (χ1n) is 8.56. The van der Waals surface area contributed by atoms with Crippen molar-refractivity contribution in [3.05, 3.63) is 29.3 Å². The maximum absolute atomic E-state index is 12.3. The average molecular weight is 333 g/mol. The number of nitrogens with one attached hydrogen (secondary N) is 1. The molecular formula is C19H27NO4. The van der Waals surface area contributed by atoms with Crippen molar-refractivity contribution < 1.29 is 19.1 Å². The van der Waals surface area contributed by atoms with E-state index in [2.05, 4.69) is 5.32 Å². The molecule has 5 nitrogen and oxygen atoms in total. The Morgan fingerprint density at radius 1 is 1.17 bits per heavy atom. The zero-order chi connectivity index (χ0) is 17.6. The number of hydrogen-bond donors (Lipinski definition) is 1. The van der Waals surface area contributed by atoms with E-state index in [9.17, 15) is 9.59 Å². The van der Waals surface area contributed by atoms with E-state index >= 15 is 0 Å². The summed E-state index contributed by atoms with van der Waals surface area (Å²) in [6.07, 6.45) is 4.44. The highest BCUT2D eigenvalue weighted by molar-refractivity contribution is 5.88. The number of esters is 1. The van der Waals surface area contributed by atoms with Crippen LogP contribution in [-0.2, 0) is 14.3 Å². The van der Waals surface area contributed by atoms with E-state index in [1.165, 1.54) is 7.11 Å². The van der Waals surface area contributed by atoms with Gasteiger partial charge >= 0.3 is 5.97 Å². The Kier molecular flexibility index (Phi) is 6.23. The van der Waals surface area contributed by atoms with Crippen LogP contribution in [0, 0.1) is 13.8 Å². The van der Waals surface area contributed by atoms with Crippen molar-refractivity contribution in [3.63, 3.8) is 0 Å². The van der Waals surface area contributed by atoms with E-state index in [1.54, 1.807) is 0 Å². The van der Waals surface area contributed by atoms with E-state index in [4.69, 9.17) is 9.47 Å². The molecule has 1 aliphatic rings. The molecule has 1 saturated carbocycles. The molecule has 0 heterocycles. The fraction of sp³-hybridized carbons (Fsp3) is 0.579. The summed E-state index contributed by atoms with van der Waals surface area (Å²) in [5.74, 6) is 0.279. The number of hydrogen-bond acceptors (Lipinski definition) is 4. The van der Waals surface area contributed by atoms with Gasteiger partial charge < -0.3 is 14.8 Å². The lowest BCUT2D eigenvalue weighted by molar-refractivity contribution is -0.152. The first-order chi connectivity index (χ1) is 11.5. The minimum Gasteiger partial charge on any atom is -0.493 e. The van der Waals surface area contributed by atoms with Gasteiger partial charge in [0.15, 0.2) is 0 Å². The lowest BCUT2D eigenvalue weighted by Gasteiger charge is -2.35. The summed E-state index contributed by atoms with van der Waals surface area (Å²) in [6.45, 7) is 4.26. The molecular weight excluding hydrogens is 306 g/mol. The fourth-order valence-corrected chi connectivity index (χ4v) is 3.18. The second kappa shape index (κ2) is 8.18. The van der Waals surface area contributed by atoms with Gasteiger partial charge in [-0.15, -0.1) is 0 Å². The monoisotopic (exact) mass is 333 g/mol. The van der Waals surface area contributed by atoms with E-state index in [0.717, 1.165) is 36.1 Å². The number of amides is 1. The molecule has 0 saturated heterocycles. The van der Waals surface area contributed by atoms with Crippen LogP contribution in [0.25, 0.3) is 0 Å². The minimum atomic E-state index is -0.858. The van der Waals surface area contributed by atoms with Crippen molar-refractivity contribution in [2.45, 2.75) is 57.9 Å². The highest BCUT2D eigenvalue weighted by Crippen LogP contribution is 2.29. The molecule has 0 spiro atoms. The number of ether oxygens (including phenoxy) is 2. The lowest BCUT2D eigenvalue weighted by Crippen LogP contribution is -2.56. The Morgan fingerprint density at radius 3 is 2.54 bits per heavy atom. The Bertz CT molecular complexity index is 591. The van der Waals surface area contributed by atoms with Crippen LogP contribution < -0.4 is 10.1 Å². The van der Waals surface area contributed by atoms with Crippen LogP contribution >= 0.6 is 0 Å². The average Bonchev–Trinajstić information content (AvgIpc) is 2.58. The Balaban J connectivity index is 1.89. The first-order valence-corrected chi connectivity index (χ1v) is 8.56. The number of methoxy groups -OCH3 is 1. The fourth-order valence-electron chi connectivity index (χ4n) is 3.18. The smallest absolute Gasteiger partial charge is 0.331 e. The highest BCUT2D eigenvalue weighted by Gasteiger charge is 2.41. The predicted octanol–water partition coefficient (Wildman–Crippen LogP) is 3.06. The normalized spacial score (nSPS) is 16.3. The largest absolute Gasteiger partial charge is 0.493 e. The van der Waals surface area contributed by atoms with Crippen LogP contribution in [0.3, 0.4) is 0 Å². The summed E-state index contributed by atoms with van der Waals surface area (Å²) >= 11 is 0. The molecule has 0 bridgehead atoms. The molecule has 132 valence electrons. The molecule has 0 aliphatic heterocycles. The van der Waals surface area contributed by atoms with Crippen molar-refractivity contribution >= 4 is 11.9 Å². The topological polar surface area (TPSA) is 64.6 Å². The van der Waals surface area contributed by atoms with Crippen molar-refractivity contribution in [3.8, 4) is 5.75 Å². The van der Waals surface area contributed by atoms with Gasteiger partial charge in [0.1, 0.15) is 11.3 Å². The summed E-state index contributed by atoms with van der Waals surface area (Å²) in [7, 11) is 1.37. The molecule has 24 heavy (non-hydrogen) atoms. The third-order valence-electron chi connectivity index (χ3n) is 4.59. The maximum Gasteiger partial charge on any atom is 0.331 e. The lowest BCUT2D eigenvalue weighted by atomic mass is 9.81. The number of aryl methyl sites for hydroxylation is 2. The van der Waals surface area contributed by atoms with E-state index in [0.29, 0.717) is 12.8 Å². The van der Waals surface area contributed by atoms with Crippen LogP contribution in [0.2, 0.25) is 0 Å². The third kappa shape index (κ3) is 4.49. The predicted molar refractivity (Wildman–Crippen MR) is 92.0 cm³/mol. The van der Waals surface area contributed by atoms with Crippen LogP contribution in [-0.4, -0.2) is 31.1 Å². The summed E-state index contributed by atoms with van der Waals surface area (Å²) < 4.78 is 10.6. The Hall–Kier alpha value is -2.04. The first kappa shape index (κ1) is 18.3. The second-order valence-electron chi connectivity index (χ2n) is 6.55. The van der Waals surface area contributed by atoms with Gasteiger partial charge in [-0.2, -0.15) is 0 Å². The van der Waals surface area contributed by atoms with Gasteiger partial charge in [0.2, 0.25) is 5.91 Å². The quantitative estimate of drug-likeness (QED) is 0.813. The second-order valence-corrected chi connectivity index (χ2v) is 6.55. The van der Waals surface area contributed by atoms with Gasteiger partial charge in [0, 0.05) is 0 Å². The summed E-state index contributed by atoms with van der Waals surface area (Å²) in [5.41, 5.74) is 1.30. The molecule has 1 N–H and O–H groups in total. The number of benzene rings is 1. The number of carbonyl (C=O) groups excluding carboxylic acids is 2. The van der Waals surface area contributed by atoms with Crippen molar-refractivity contribution in [2.75, 3.05) is 13.7 Å². The van der Waals surface area contributed by atoms with Crippen molar-refractivity contribution in [2.24, 2.45) is 0 Å². The molecule has 1 fully saturated rings. The van der Waals surface area contributed by atoms with Crippen LogP contribution in [0.15, 0.2) is 18.2 Å². The van der Waals surface area contributed by atoms with E-state index in [1.807, 2.05) is 32.0 Å². The minimum absolute atomic E-state index is 0.174. The molecule has 0 aromatic heterocycles. The zero-order valence-electron chi connectivity index (χ0n) is 14.8. The molecule has 1 aromatic carbocycles. The molecule has 1 aromatic rings. The summed E-state index contributed by atoms with van der Waals surface area (Å²) in [4.78, 5) is 24.4. The molecule has 0 atom stereocenters. The van der Waals surface area contributed by atoms with Crippen molar-refractivity contribution in [1.82, 2.24) is 5.32 Å². The zero-order valence-corrected chi connectivity index (χ0v) is 14.8. The molecule has 5 heteroatoms. The number of rotatable bonds is 6. The van der Waals surface area contributed by atoms with Gasteiger partial charge in [-0.05, 0) is 43.9 Å². The van der Waals surface area contributed by atoms with E-state index < -0.39 is 5.54 Å². The maximum atomic E-state index is 12.3. The summed E-state index contributed by atoms with van der Waals surface area (Å²) in [5, 5.41) is 2.90. The molecule has 0 radical (unpaired) electrons. The SMILES string of the molecule is COC(=O)C1(NC(=O)CCOc2cc(C)ccc2C)CCCCC1. The van der Waals surface area contributed by atoms with Crippen molar-refractivity contribution in [1.29, 1.82) is 0 Å². The van der Waals surface area contributed by atoms with Gasteiger partial charge in [-0.1, -0.05) is 31.4 Å². The Labute approximate surface area is 143 Å². The molecule has 1 amide bonds. The molecule has 0 unspecified atom stereocenters. The third-order valence-corrected chi connectivity index (χ3v) is 4.59. The Morgan fingerprint density at radius 2 is 1.88 bits per heavy atom. The highest BCUT2D eigenvalue weighted by atomic mass is 16.5. The van der Waals surface area contributed by atoms with Gasteiger partial charge in [0.05, 0.1) is 20.1 Å². The van der Waals surface area contributed by atoms with Crippen LogP contribution in [0.4, 0.5) is 0 Å². The molecule has 1 aliphatic carbocycles. The van der Waals surface area contributed by atoms with Gasteiger partial charge in [0.25, 0.3) is 0 Å². The van der Waals surface area contributed by atoms with Gasteiger partial charge in [-0.3, -0.25) is 4.79 Å². The van der Waals surface area contributed by atoms with Crippen LogP contribution in [0.1, 0.15) is 49.7 Å². The van der Waals surface area contributed by atoms with E-state index in [-0.39, 0.29) is 24.9 Å². The standard InChI is InChI=1S/C19H27NO4/c1-14-7-8-15(2)16(13-14)24-12-9-17(21)20-19(18(22)23-3)10-5-4-6-11-19/h7-8,13H,4-6,9-12H2,1-3H3,(H,20,21).